The van der Waals surface area contributed by atoms with Gasteiger partial charge < -0.3 is 5.32 Å². The zero-order valence-electron chi connectivity index (χ0n) is 11.2. The van der Waals surface area contributed by atoms with Crippen molar-refractivity contribution in [1.29, 1.82) is 0 Å². The number of sulfonamides is 1. The molecule has 1 aromatic carbocycles. The van der Waals surface area contributed by atoms with Gasteiger partial charge in [0.1, 0.15) is 0 Å². The molecule has 6 heteroatoms. The van der Waals surface area contributed by atoms with Gasteiger partial charge in [-0.05, 0) is 37.1 Å². The lowest BCUT2D eigenvalue weighted by atomic mass is 10.1. The Bertz CT molecular complexity index is 536. The van der Waals surface area contributed by atoms with E-state index in [9.17, 15) is 8.42 Å². The first-order valence-corrected chi connectivity index (χ1v) is 8.20. The second kappa shape index (κ2) is 5.31. The van der Waals surface area contributed by atoms with Gasteiger partial charge >= 0.3 is 0 Å². The number of hydrogen-bond acceptors (Lipinski definition) is 3. The van der Waals surface area contributed by atoms with E-state index in [1.807, 2.05) is 0 Å². The molecule has 19 heavy (non-hydrogen) atoms. The molecule has 0 atom stereocenters. The van der Waals surface area contributed by atoms with Crippen LogP contribution in [0.25, 0.3) is 0 Å². The number of alkyl halides is 1. The molecule has 0 radical (unpaired) electrons. The molecule has 0 amide bonds. The fraction of sp³-hybridized carbons (Fsp3) is 0.538. The Morgan fingerprint density at radius 1 is 1.26 bits per heavy atom. The number of anilines is 1. The summed E-state index contributed by atoms with van der Waals surface area (Å²) < 4.78 is 25.0. The van der Waals surface area contributed by atoms with Crippen LogP contribution in [0.2, 0.25) is 0 Å². The Kier molecular flexibility index (Phi) is 4.08. The summed E-state index contributed by atoms with van der Waals surface area (Å²) in [6.07, 6.45) is 2.33. The standard InChI is InChI=1S/C13H19ClN2O2S/c1-16(2)19(17,18)12-5-3-11(4-6-12)15-10-13(9-14)7-8-13/h3-6,15H,7-10H2,1-2H3. The van der Waals surface area contributed by atoms with Crippen LogP contribution in [0, 0.1) is 5.41 Å². The molecule has 4 nitrogen and oxygen atoms in total. The van der Waals surface area contributed by atoms with Crippen LogP contribution in [0.5, 0.6) is 0 Å². The fourth-order valence-electron chi connectivity index (χ4n) is 1.78. The van der Waals surface area contributed by atoms with E-state index in [4.69, 9.17) is 11.6 Å². The third-order valence-corrected chi connectivity index (χ3v) is 5.94. The summed E-state index contributed by atoms with van der Waals surface area (Å²) in [7, 11) is -0.292. The molecule has 0 bridgehead atoms. The second-order valence-corrected chi connectivity index (χ2v) is 7.72. The Labute approximate surface area is 119 Å². The third kappa shape index (κ3) is 3.22. The smallest absolute Gasteiger partial charge is 0.242 e. The second-order valence-electron chi connectivity index (χ2n) is 5.30. The average Bonchev–Trinajstić information content (AvgIpc) is 3.17. The van der Waals surface area contributed by atoms with Crippen molar-refractivity contribution in [2.45, 2.75) is 17.7 Å². The minimum absolute atomic E-state index is 0.246. The zero-order chi connectivity index (χ0) is 14.1. The van der Waals surface area contributed by atoms with E-state index in [0.29, 0.717) is 10.8 Å². The summed E-state index contributed by atoms with van der Waals surface area (Å²) in [5.41, 5.74) is 1.17. The van der Waals surface area contributed by atoms with Crippen molar-refractivity contribution in [1.82, 2.24) is 4.31 Å². The summed E-state index contributed by atoms with van der Waals surface area (Å²) in [6, 6.07) is 6.83. The van der Waals surface area contributed by atoms with E-state index < -0.39 is 10.0 Å². The van der Waals surface area contributed by atoms with Gasteiger partial charge in [0.2, 0.25) is 10.0 Å². The molecule has 0 spiro atoms. The van der Waals surface area contributed by atoms with E-state index in [1.54, 1.807) is 24.3 Å². The van der Waals surface area contributed by atoms with Crippen molar-refractivity contribution < 1.29 is 8.42 Å². The van der Waals surface area contributed by atoms with E-state index in [2.05, 4.69) is 5.32 Å². The molecule has 0 aromatic heterocycles. The summed E-state index contributed by atoms with van der Waals surface area (Å²) in [5, 5.41) is 3.31. The third-order valence-electron chi connectivity index (χ3n) is 3.54. The van der Waals surface area contributed by atoms with Gasteiger partial charge in [-0.1, -0.05) is 0 Å². The molecule has 0 unspecified atom stereocenters. The molecule has 0 aliphatic heterocycles. The van der Waals surface area contributed by atoms with Crippen LogP contribution < -0.4 is 5.32 Å². The highest BCUT2D eigenvalue weighted by molar-refractivity contribution is 7.89. The molecular weight excluding hydrogens is 284 g/mol. The molecule has 1 aromatic rings. The Morgan fingerprint density at radius 3 is 2.26 bits per heavy atom. The number of halogens is 1. The van der Waals surface area contributed by atoms with Gasteiger partial charge in [0.25, 0.3) is 0 Å². The van der Waals surface area contributed by atoms with Crippen LogP contribution in [0.15, 0.2) is 29.2 Å². The Morgan fingerprint density at radius 2 is 1.84 bits per heavy atom. The van der Waals surface area contributed by atoms with Crippen molar-refractivity contribution in [2.24, 2.45) is 5.41 Å². The normalized spacial score (nSPS) is 17.5. The molecule has 1 aliphatic carbocycles. The quantitative estimate of drug-likeness (QED) is 0.821. The van der Waals surface area contributed by atoms with Gasteiger partial charge in [-0.3, -0.25) is 0 Å². The van der Waals surface area contributed by atoms with Crippen LogP contribution in [-0.4, -0.2) is 39.2 Å². The lowest BCUT2D eigenvalue weighted by Gasteiger charge is -2.15. The lowest BCUT2D eigenvalue weighted by Crippen LogP contribution is -2.22. The van der Waals surface area contributed by atoms with Gasteiger partial charge in [0, 0.05) is 37.6 Å². The van der Waals surface area contributed by atoms with Gasteiger partial charge in [-0.25, -0.2) is 12.7 Å². The molecule has 1 saturated carbocycles. The molecule has 106 valence electrons. The van der Waals surface area contributed by atoms with Gasteiger partial charge in [-0.15, -0.1) is 11.6 Å². The predicted molar refractivity (Wildman–Crippen MR) is 78.2 cm³/mol. The summed E-state index contributed by atoms with van der Waals surface area (Å²) in [6.45, 7) is 0.844. The summed E-state index contributed by atoms with van der Waals surface area (Å²) >= 11 is 5.92. The summed E-state index contributed by atoms with van der Waals surface area (Å²) in [5.74, 6) is 0.674. The molecule has 1 N–H and O–H groups in total. The van der Waals surface area contributed by atoms with E-state index >= 15 is 0 Å². The molecule has 1 aliphatic rings. The summed E-state index contributed by atoms with van der Waals surface area (Å²) in [4.78, 5) is 0.307. The lowest BCUT2D eigenvalue weighted by molar-refractivity contribution is 0.521. The van der Waals surface area contributed by atoms with Gasteiger partial charge in [0.15, 0.2) is 0 Å². The number of hydrogen-bond donors (Lipinski definition) is 1. The van der Waals surface area contributed by atoms with Crippen LogP contribution in [0.4, 0.5) is 5.69 Å². The largest absolute Gasteiger partial charge is 0.384 e. The van der Waals surface area contributed by atoms with Gasteiger partial charge in [0.05, 0.1) is 4.90 Å². The topological polar surface area (TPSA) is 49.4 Å². The molecule has 1 fully saturated rings. The Balaban J connectivity index is 2.03. The van der Waals surface area contributed by atoms with Crippen molar-refractivity contribution in [2.75, 3.05) is 31.8 Å². The number of benzene rings is 1. The number of nitrogens with one attached hydrogen (secondary N) is 1. The highest BCUT2D eigenvalue weighted by atomic mass is 35.5. The van der Waals surface area contributed by atoms with Crippen LogP contribution >= 0.6 is 11.6 Å². The van der Waals surface area contributed by atoms with Crippen LogP contribution in [0.3, 0.4) is 0 Å². The van der Waals surface area contributed by atoms with Gasteiger partial charge in [-0.2, -0.15) is 0 Å². The van der Waals surface area contributed by atoms with Crippen molar-refractivity contribution in [3.63, 3.8) is 0 Å². The van der Waals surface area contributed by atoms with Crippen LogP contribution in [0.1, 0.15) is 12.8 Å². The fourth-order valence-corrected chi connectivity index (χ4v) is 3.04. The number of rotatable bonds is 6. The minimum atomic E-state index is -3.34. The highest BCUT2D eigenvalue weighted by Crippen LogP contribution is 2.46. The van der Waals surface area contributed by atoms with E-state index in [-0.39, 0.29) is 5.41 Å². The van der Waals surface area contributed by atoms with E-state index in [1.165, 1.54) is 18.4 Å². The van der Waals surface area contributed by atoms with Crippen LogP contribution in [-0.2, 0) is 10.0 Å². The first-order valence-electron chi connectivity index (χ1n) is 6.22. The maximum absolute atomic E-state index is 11.9. The van der Waals surface area contributed by atoms with Crippen molar-refractivity contribution >= 4 is 27.3 Å². The minimum Gasteiger partial charge on any atom is -0.384 e. The average molecular weight is 303 g/mol. The predicted octanol–water partition coefficient (Wildman–Crippen LogP) is 2.37. The molecular formula is C13H19ClN2O2S. The highest BCUT2D eigenvalue weighted by Gasteiger charge is 2.41. The maximum Gasteiger partial charge on any atom is 0.242 e. The van der Waals surface area contributed by atoms with Crippen molar-refractivity contribution in [3.8, 4) is 0 Å². The number of nitrogens with zero attached hydrogens (tertiary/aromatic N) is 1. The SMILES string of the molecule is CN(C)S(=O)(=O)c1ccc(NCC2(CCl)CC2)cc1. The zero-order valence-corrected chi connectivity index (χ0v) is 12.8. The first kappa shape index (κ1) is 14.6. The monoisotopic (exact) mass is 302 g/mol. The van der Waals surface area contributed by atoms with E-state index in [0.717, 1.165) is 25.1 Å². The maximum atomic E-state index is 11.9. The van der Waals surface area contributed by atoms with Crippen molar-refractivity contribution in [3.05, 3.63) is 24.3 Å². The molecule has 0 heterocycles. The molecule has 2 rings (SSSR count). The first-order chi connectivity index (χ1) is 8.89. The Hall–Kier alpha value is -0.780. The molecule has 0 saturated heterocycles.